The fourth-order valence-electron chi connectivity index (χ4n) is 3.08. The number of hydrogen-bond donors (Lipinski definition) is 2. The van der Waals surface area contributed by atoms with E-state index in [4.69, 9.17) is 11.6 Å². The Labute approximate surface area is 213 Å². The van der Waals surface area contributed by atoms with Gasteiger partial charge in [0.1, 0.15) is 0 Å². The number of anilines is 2. The number of hydrogen-bond acceptors (Lipinski definition) is 5. The molecule has 3 aromatic carbocycles. The van der Waals surface area contributed by atoms with Gasteiger partial charge in [-0.2, -0.15) is 0 Å². The van der Waals surface area contributed by atoms with Gasteiger partial charge in [0, 0.05) is 20.9 Å². The number of thioether (sulfide) groups is 1. The molecule has 0 saturated carbocycles. The minimum absolute atomic E-state index is 0.0783. The molecule has 0 aliphatic rings. The van der Waals surface area contributed by atoms with E-state index in [-0.39, 0.29) is 17.1 Å². The van der Waals surface area contributed by atoms with Crippen molar-refractivity contribution in [3.63, 3.8) is 0 Å². The van der Waals surface area contributed by atoms with Gasteiger partial charge < -0.3 is 10.6 Å². The van der Waals surface area contributed by atoms with E-state index in [9.17, 15) is 9.59 Å². The molecule has 0 unspecified atom stereocenters. The molecular formula is C24H19BrClN3O2S2. The average molecular weight is 561 g/mol. The van der Waals surface area contributed by atoms with Gasteiger partial charge in [-0.3, -0.25) is 9.59 Å². The van der Waals surface area contributed by atoms with Crippen molar-refractivity contribution in [2.45, 2.75) is 22.9 Å². The van der Waals surface area contributed by atoms with E-state index in [1.807, 2.05) is 43.3 Å². The first-order valence-electron chi connectivity index (χ1n) is 10.1. The van der Waals surface area contributed by atoms with Gasteiger partial charge in [0.05, 0.1) is 21.0 Å². The number of rotatable bonds is 7. The van der Waals surface area contributed by atoms with E-state index in [2.05, 4.69) is 31.5 Å². The van der Waals surface area contributed by atoms with E-state index in [0.29, 0.717) is 28.4 Å². The molecule has 168 valence electrons. The molecule has 0 aliphatic heterocycles. The van der Waals surface area contributed by atoms with Crippen molar-refractivity contribution in [1.82, 2.24) is 4.98 Å². The molecule has 0 saturated heterocycles. The third-order valence-electron chi connectivity index (χ3n) is 4.76. The molecule has 0 aliphatic carbocycles. The Morgan fingerprint density at radius 3 is 2.52 bits per heavy atom. The Balaban J connectivity index is 1.46. The van der Waals surface area contributed by atoms with Gasteiger partial charge in [0.2, 0.25) is 5.91 Å². The van der Waals surface area contributed by atoms with Crippen LogP contribution >= 0.6 is 50.6 Å². The minimum atomic E-state index is -0.282. The van der Waals surface area contributed by atoms with Crippen LogP contribution in [0, 0.1) is 0 Å². The highest BCUT2D eigenvalue weighted by Crippen LogP contribution is 2.35. The topological polar surface area (TPSA) is 71.1 Å². The van der Waals surface area contributed by atoms with Crippen LogP contribution < -0.4 is 10.6 Å². The minimum Gasteiger partial charge on any atom is -0.325 e. The Bertz CT molecular complexity index is 1310. The predicted octanol–water partition coefficient (Wildman–Crippen LogP) is 7.47. The molecule has 0 radical (unpaired) electrons. The van der Waals surface area contributed by atoms with E-state index >= 15 is 0 Å². The number of fused-ring (bicyclic) bond motifs is 1. The Kier molecular flexibility index (Phi) is 7.70. The Morgan fingerprint density at radius 2 is 1.79 bits per heavy atom. The third-order valence-corrected chi connectivity index (χ3v) is 8.18. The van der Waals surface area contributed by atoms with Crippen molar-refractivity contribution in [1.29, 1.82) is 0 Å². The SMILES string of the molecule is CC[C@@H](Sc1nc2ccc(NC(=O)c3ccccc3Br)cc2s1)C(=O)Nc1ccc(Cl)cc1. The van der Waals surface area contributed by atoms with Crippen molar-refractivity contribution in [2.24, 2.45) is 0 Å². The summed E-state index contributed by atoms with van der Waals surface area (Å²) in [6.07, 6.45) is 0.660. The maximum Gasteiger partial charge on any atom is 0.256 e. The standard InChI is InChI=1S/C24H19BrClN3O2S2/c1-2-20(23(31)27-15-9-7-14(26)8-10-15)32-24-29-19-12-11-16(13-21(19)33-24)28-22(30)17-5-3-4-6-18(17)25/h3-13,20H,2H2,1H3,(H,27,31)(H,28,30)/t20-/m1/s1. The molecule has 0 spiro atoms. The van der Waals surface area contributed by atoms with Crippen LogP contribution in [0.4, 0.5) is 11.4 Å². The van der Waals surface area contributed by atoms with Crippen molar-refractivity contribution >= 4 is 84.0 Å². The smallest absolute Gasteiger partial charge is 0.256 e. The van der Waals surface area contributed by atoms with Gasteiger partial charge in [-0.1, -0.05) is 42.4 Å². The summed E-state index contributed by atoms with van der Waals surface area (Å²) in [6.45, 7) is 1.97. The zero-order chi connectivity index (χ0) is 23.4. The number of aromatic nitrogens is 1. The van der Waals surface area contributed by atoms with E-state index in [1.54, 1.807) is 30.3 Å². The molecule has 33 heavy (non-hydrogen) atoms. The van der Waals surface area contributed by atoms with Gasteiger partial charge in [0.15, 0.2) is 4.34 Å². The summed E-state index contributed by atoms with van der Waals surface area (Å²) in [5.74, 6) is -0.267. The summed E-state index contributed by atoms with van der Waals surface area (Å²) in [5, 5.41) is 6.20. The summed E-state index contributed by atoms with van der Waals surface area (Å²) in [4.78, 5) is 30.0. The Morgan fingerprint density at radius 1 is 1.06 bits per heavy atom. The maximum atomic E-state index is 12.7. The van der Waals surface area contributed by atoms with Crippen LogP contribution in [-0.2, 0) is 4.79 Å². The van der Waals surface area contributed by atoms with E-state index in [0.717, 1.165) is 19.0 Å². The highest BCUT2D eigenvalue weighted by atomic mass is 79.9. The van der Waals surface area contributed by atoms with Crippen LogP contribution in [0.15, 0.2) is 75.5 Å². The Hall–Kier alpha value is -2.39. The van der Waals surface area contributed by atoms with Gasteiger partial charge in [-0.25, -0.2) is 4.98 Å². The highest BCUT2D eigenvalue weighted by molar-refractivity contribution is 9.10. The number of halogens is 2. The second-order valence-corrected chi connectivity index (χ2v) is 10.9. The summed E-state index contributed by atoms with van der Waals surface area (Å²) in [6, 6.07) is 19.9. The second kappa shape index (κ2) is 10.7. The zero-order valence-electron chi connectivity index (χ0n) is 17.5. The molecule has 0 bridgehead atoms. The van der Waals surface area contributed by atoms with Crippen molar-refractivity contribution in [3.8, 4) is 0 Å². The number of nitrogens with zero attached hydrogens (tertiary/aromatic N) is 1. The molecule has 5 nitrogen and oxygen atoms in total. The summed E-state index contributed by atoms with van der Waals surface area (Å²) in [5.41, 5.74) is 2.79. The lowest BCUT2D eigenvalue weighted by Crippen LogP contribution is -2.24. The van der Waals surface area contributed by atoms with Crippen LogP contribution in [0.3, 0.4) is 0 Å². The lowest BCUT2D eigenvalue weighted by atomic mass is 10.2. The molecule has 1 atom stereocenters. The quantitative estimate of drug-likeness (QED) is 0.230. The molecule has 2 amide bonds. The first-order valence-corrected chi connectivity index (χ1v) is 13.0. The first kappa shape index (κ1) is 23.8. The van der Waals surface area contributed by atoms with Gasteiger partial charge in [-0.05, 0) is 76.9 Å². The molecule has 4 aromatic rings. The molecule has 4 rings (SSSR count). The molecular weight excluding hydrogens is 542 g/mol. The van der Waals surface area contributed by atoms with E-state index < -0.39 is 0 Å². The number of benzene rings is 3. The van der Waals surface area contributed by atoms with Gasteiger partial charge in [-0.15, -0.1) is 11.3 Å². The summed E-state index contributed by atoms with van der Waals surface area (Å²) >= 11 is 12.3. The largest absolute Gasteiger partial charge is 0.325 e. The number of amides is 2. The lowest BCUT2D eigenvalue weighted by Gasteiger charge is -2.13. The number of carbonyl (C=O) groups is 2. The normalized spacial score (nSPS) is 11.8. The maximum absolute atomic E-state index is 12.7. The summed E-state index contributed by atoms with van der Waals surface area (Å²) in [7, 11) is 0. The van der Waals surface area contributed by atoms with Crippen LogP contribution in [0.2, 0.25) is 5.02 Å². The third kappa shape index (κ3) is 5.95. The highest BCUT2D eigenvalue weighted by Gasteiger charge is 2.20. The van der Waals surface area contributed by atoms with Gasteiger partial charge in [0.25, 0.3) is 5.91 Å². The second-order valence-electron chi connectivity index (χ2n) is 7.11. The molecule has 9 heteroatoms. The van der Waals surface area contributed by atoms with Crippen molar-refractivity contribution in [3.05, 3.63) is 81.8 Å². The number of nitrogens with one attached hydrogen (secondary N) is 2. The molecule has 2 N–H and O–H groups in total. The number of thiazole rings is 1. The average Bonchev–Trinajstić information content (AvgIpc) is 3.21. The zero-order valence-corrected chi connectivity index (χ0v) is 21.4. The van der Waals surface area contributed by atoms with Crippen LogP contribution in [0.1, 0.15) is 23.7 Å². The van der Waals surface area contributed by atoms with E-state index in [1.165, 1.54) is 23.1 Å². The summed E-state index contributed by atoms with van der Waals surface area (Å²) < 4.78 is 2.48. The van der Waals surface area contributed by atoms with Gasteiger partial charge >= 0.3 is 0 Å². The lowest BCUT2D eigenvalue weighted by molar-refractivity contribution is -0.115. The molecule has 1 aromatic heterocycles. The predicted molar refractivity (Wildman–Crippen MR) is 142 cm³/mol. The monoisotopic (exact) mass is 559 g/mol. The fraction of sp³-hybridized carbons (Fsp3) is 0.125. The fourth-order valence-corrected chi connectivity index (χ4v) is 5.94. The first-order chi connectivity index (χ1) is 15.9. The van der Waals surface area contributed by atoms with Crippen molar-refractivity contribution in [2.75, 3.05) is 10.6 Å². The van der Waals surface area contributed by atoms with Crippen LogP contribution in [0.25, 0.3) is 10.2 Å². The molecule has 1 heterocycles. The molecule has 0 fully saturated rings. The van der Waals surface area contributed by atoms with Crippen LogP contribution in [-0.4, -0.2) is 22.0 Å². The van der Waals surface area contributed by atoms with Crippen molar-refractivity contribution < 1.29 is 9.59 Å². The van der Waals surface area contributed by atoms with Crippen LogP contribution in [0.5, 0.6) is 0 Å². The number of carbonyl (C=O) groups excluding carboxylic acids is 2.